The number of alkyl halides is 3. The molecule has 0 aliphatic rings. The number of hydrogen-bond donors (Lipinski definition) is 1. The normalized spacial score (nSPS) is 11.2. The minimum absolute atomic E-state index is 0.128. The van der Waals surface area contributed by atoms with Crippen LogP contribution in [-0.2, 0) is 17.4 Å². The Morgan fingerprint density at radius 3 is 2.59 bits per heavy atom. The molecule has 1 heterocycles. The van der Waals surface area contributed by atoms with Crippen LogP contribution < -0.4 is 14.8 Å². The number of Topliss-reactive ketones (excluding diaryl/α,β-unsaturated/α-hetero) is 1. The van der Waals surface area contributed by atoms with Crippen molar-refractivity contribution in [3.63, 3.8) is 0 Å². The van der Waals surface area contributed by atoms with Crippen molar-refractivity contribution < 1.29 is 32.2 Å². The van der Waals surface area contributed by atoms with Gasteiger partial charge in [0.15, 0.2) is 29.0 Å². The van der Waals surface area contributed by atoms with E-state index in [0.717, 1.165) is 23.5 Å². The van der Waals surface area contributed by atoms with Crippen molar-refractivity contribution in [2.24, 2.45) is 0 Å². The maximum atomic E-state index is 12.9. The molecule has 6 nitrogen and oxygen atoms in total. The van der Waals surface area contributed by atoms with Gasteiger partial charge in [-0.15, -0.1) is 11.3 Å². The standard InChI is InChI=1S/C22H19F3N2O4S/c1-13(28)15-6-7-18(19(10-15)30-2)31-12-20(29)27-21-26-11-17(32-21)9-14-4-3-5-16(8-14)22(23,24)25/h3-8,10-11H,9,12H2,1-2H3,(H,26,27,29). The second kappa shape index (κ2) is 9.82. The Morgan fingerprint density at radius 2 is 1.91 bits per heavy atom. The summed E-state index contributed by atoms with van der Waals surface area (Å²) in [4.78, 5) is 28.4. The minimum Gasteiger partial charge on any atom is -0.493 e. The third kappa shape index (κ3) is 6.07. The van der Waals surface area contributed by atoms with Crippen molar-refractivity contribution in [3.8, 4) is 11.5 Å². The molecule has 0 unspecified atom stereocenters. The number of amides is 1. The van der Waals surface area contributed by atoms with Crippen molar-refractivity contribution in [3.05, 3.63) is 70.2 Å². The van der Waals surface area contributed by atoms with Gasteiger partial charge in [-0.3, -0.25) is 14.9 Å². The van der Waals surface area contributed by atoms with Crippen LogP contribution in [-0.4, -0.2) is 30.4 Å². The molecule has 2 aromatic carbocycles. The number of aromatic nitrogens is 1. The van der Waals surface area contributed by atoms with E-state index in [9.17, 15) is 22.8 Å². The number of hydrogen-bond acceptors (Lipinski definition) is 6. The number of rotatable bonds is 8. The van der Waals surface area contributed by atoms with E-state index < -0.39 is 17.6 Å². The van der Waals surface area contributed by atoms with Gasteiger partial charge >= 0.3 is 6.18 Å². The molecule has 3 aromatic rings. The predicted molar refractivity (Wildman–Crippen MR) is 113 cm³/mol. The van der Waals surface area contributed by atoms with Crippen molar-refractivity contribution >= 4 is 28.2 Å². The third-order valence-corrected chi connectivity index (χ3v) is 5.27. The molecular weight excluding hydrogens is 445 g/mol. The average Bonchev–Trinajstić information content (AvgIpc) is 3.18. The molecule has 0 radical (unpaired) electrons. The Hall–Kier alpha value is -3.40. The number of carbonyl (C=O) groups excluding carboxylic acids is 2. The SMILES string of the molecule is COc1cc(C(C)=O)ccc1OCC(=O)Nc1ncc(Cc2cccc(C(F)(F)F)c2)s1. The number of anilines is 1. The molecular formula is C22H19F3N2O4S. The molecule has 0 spiro atoms. The van der Waals surface area contributed by atoms with Crippen molar-refractivity contribution in [1.82, 2.24) is 4.98 Å². The van der Waals surface area contributed by atoms with Gasteiger partial charge in [0, 0.05) is 23.1 Å². The van der Waals surface area contributed by atoms with Gasteiger partial charge in [-0.1, -0.05) is 18.2 Å². The largest absolute Gasteiger partial charge is 0.493 e. The Kier molecular flexibility index (Phi) is 7.14. The summed E-state index contributed by atoms with van der Waals surface area (Å²) < 4.78 is 49.2. The Labute approximate surface area is 186 Å². The second-order valence-corrected chi connectivity index (χ2v) is 7.88. The van der Waals surface area contributed by atoms with Crippen LogP contribution in [0.3, 0.4) is 0 Å². The quantitative estimate of drug-likeness (QED) is 0.476. The highest BCUT2D eigenvalue weighted by molar-refractivity contribution is 7.15. The zero-order valence-corrected chi connectivity index (χ0v) is 18.0. The molecule has 1 aromatic heterocycles. The summed E-state index contributed by atoms with van der Waals surface area (Å²) in [7, 11) is 1.42. The number of halogens is 3. The molecule has 168 valence electrons. The number of carbonyl (C=O) groups is 2. The summed E-state index contributed by atoms with van der Waals surface area (Å²) in [6, 6.07) is 9.71. The predicted octanol–water partition coefficient (Wildman–Crippen LogP) is 4.98. The van der Waals surface area contributed by atoms with Gasteiger partial charge in [0.05, 0.1) is 12.7 Å². The summed E-state index contributed by atoms with van der Waals surface area (Å²) in [6.45, 7) is 1.11. The monoisotopic (exact) mass is 464 g/mol. The summed E-state index contributed by atoms with van der Waals surface area (Å²) >= 11 is 1.16. The minimum atomic E-state index is -4.40. The van der Waals surface area contributed by atoms with Crippen LogP contribution in [0, 0.1) is 0 Å². The lowest BCUT2D eigenvalue weighted by Crippen LogP contribution is -2.20. The lowest BCUT2D eigenvalue weighted by molar-refractivity contribution is -0.137. The molecule has 32 heavy (non-hydrogen) atoms. The van der Waals surface area contributed by atoms with E-state index in [4.69, 9.17) is 9.47 Å². The topological polar surface area (TPSA) is 77.5 Å². The highest BCUT2D eigenvalue weighted by atomic mass is 32.1. The first-order chi connectivity index (χ1) is 15.2. The molecule has 0 fully saturated rings. The van der Waals surface area contributed by atoms with Gasteiger partial charge in [0.25, 0.3) is 5.91 Å². The first kappa shape index (κ1) is 23.3. The number of thiazole rings is 1. The number of benzene rings is 2. The van der Waals surface area contributed by atoms with E-state index in [0.29, 0.717) is 32.6 Å². The lowest BCUT2D eigenvalue weighted by Gasteiger charge is -2.11. The zero-order valence-electron chi connectivity index (χ0n) is 17.2. The van der Waals surface area contributed by atoms with E-state index in [2.05, 4.69) is 10.3 Å². The van der Waals surface area contributed by atoms with Crippen LogP contribution in [0.25, 0.3) is 0 Å². The maximum Gasteiger partial charge on any atom is 0.416 e. The van der Waals surface area contributed by atoms with Crippen LogP contribution in [0.4, 0.5) is 18.3 Å². The number of ketones is 1. The lowest BCUT2D eigenvalue weighted by atomic mass is 10.1. The molecule has 0 aliphatic heterocycles. The van der Waals surface area contributed by atoms with E-state index >= 15 is 0 Å². The van der Waals surface area contributed by atoms with Crippen LogP contribution in [0.2, 0.25) is 0 Å². The van der Waals surface area contributed by atoms with Crippen molar-refractivity contribution in [1.29, 1.82) is 0 Å². The van der Waals surface area contributed by atoms with Gasteiger partial charge in [0.2, 0.25) is 0 Å². The number of methoxy groups -OCH3 is 1. The van der Waals surface area contributed by atoms with E-state index in [1.165, 1.54) is 32.4 Å². The molecule has 3 rings (SSSR count). The van der Waals surface area contributed by atoms with Gasteiger partial charge in [-0.2, -0.15) is 13.2 Å². The summed E-state index contributed by atoms with van der Waals surface area (Å²) in [5.74, 6) is 0.0279. The molecule has 0 saturated carbocycles. The Morgan fingerprint density at radius 1 is 1.12 bits per heavy atom. The van der Waals surface area contributed by atoms with Gasteiger partial charge in [-0.25, -0.2) is 4.98 Å². The molecule has 0 saturated heterocycles. The summed E-state index contributed by atoms with van der Waals surface area (Å²) in [5.41, 5.74) is 0.234. The Balaban J connectivity index is 1.58. The molecule has 0 aliphatic carbocycles. The van der Waals surface area contributed by atoms with Crippen LogP contribution in [0.5, 0.6) is 11.5 Å². The first-order valence-corrected chi connectivity index (χ1v) is 10.2. The zero-order chi connectivity index (χ0) is 23.3. The van der Waals surface area contributed by atoms with E-state index in [-0.39, 0.29) is 18.8 Å². The third-order valence-electron chi connectivity index (χ3n) is 4.36. The Bertz CT molecular complexity index is 1130. The fraction of sp³-hybridized carbons (Fsp3) is 0.227. The van der Waals surface area contributed by atoms with Crippen LogP contribution in [0.1, 0.15) is 33.3 Å². The second-order valence-electron chi connectivity index (χ2n) is 6.77. The average molecular weight is 464 g/mol. The van der Waals surface area contributed by atoms with E-state index in [1.807, 2.05) is 0 Å². The van der Waals surface area contributed by atoms with Crippen LogP contribution >= 0.6 is 11.3 Å². The van der Waals surface area contributed by atoms with Crippen molar-refractivity contribution in [2.75, 3.05) is 19.0 Å². The number of nitrogens with zero attached hydrogens (tertiary/aromatic N) is 1. The highest BCUT2D eigenvalue weighted by Gasteiger charge is 2.30. The molecule has 1 amide bonds. The fourth-order valence-electron chi connectivity index (χ4n) is 2.81. The molecule has 1 N–H and O–H groups in total. The number of ether oxygens (including phenoxy) is 2. The maximum absolute atomic E-state index is 12.9. The molecule has 0 bridgehead atoms. The van der Waals surface area contributed by atoms with Crippen LogP contribution in [0.15, 0.2) is 48.7 Å². The van der Waals surface area contributed by atoms with E-state index in [1.54, 1.807) is 18.2 Å². The summed E-state index contributed by atoms with van der Waals surface area (Å²) in [6.07, 6.45) is -2.64. The summed E-state index contributed by atoms with van der Waals surface area (Å²) in [5, 5.41) is 2.89. The number of nitrogens with one attached hydrogen (secondary N) is 1. The van der Waals surface area contributed by atoms with Gasteiger partial charge < -0.3 is 9.47 Å². The first-order valence-electron chi connectivity index (χ1n) is 9.38. The highest BCUT2D eigenvalue weighted by Crippen LogP contribution is 2.31. The van der Waals surface area contributed by atoms with Crippen molar-refractivity contribution in [2.45, 2.75) is 19.5 Å². The van der Waals surface area contributed by atoms with Gasteiger partial charge in [0.1, 0.15) is 0 Å². The smallest absolute Gasteiger partial charge is 0.416 e. The van der Waals surface area contributed by atoms with Gasteiger partial charge in [-0.05, 0) is 36.8 Å². The fourth-order valence-corrected chi connectivity index (χ4v) is 3.67. The molecule has 10 heteroatoms. The molecule has 0 atom stereocenters.